The van der Waals surface area contributed by atoms with Crippen LogP contribution in [0.15, 0.2) is 24.3 Å². The van der Waals surface area contributed by atoms with E-state index < -0.39 is 5.54 Å². The number of nitrogens with two attached hydrogens (primary N) is 1. The van der Waals surface area contributed by atoms with Crippen LogP contribution in [0.2, 0.25) is 0 Å². The van der Waals surface area contributed by atoms with Crippen molar-refractivity contribution in [1.82, 2.24) is 0 Å². The second kappa shape index (κ2) is 5.32. The number of halogens is 1. The molecule has 0 heterocycles. The van der Waals surface area contributed by atoms with Crippen molar-refractivity contribution >= 4 is 11.6 Å². The molecule has 2 fully saturated rings. The number of primary amides is 1. The largest absolute Gasteiger partial charge is 0.371 e. The summed E-state index contributed by atoms with van der Waals surface area (Å²) < 4.78 is 13.3. The highest BCUT2D eigenvalue weighted by molar-refractivity contribution is 5.88. The van der Waals surface area contributed by atoms with E-state index >= 15 is 0 Å². The van der Waals surface area contributed by atoms with Crippen LogP contribution in [0.25, 0.3) is 0 Å². The SMILES string of the molecule is NC(=O)C1(Nc2cccc(F)c2)CCC2(CCCC2)CC1. The van der Waals surface area contributed by atoms with Crippen molar-refractivity contribution in [2.45, 2.75) is 56.9 Å². The van der Waals surface area contributed by atoms with Gasteiger partial charge in [-0.3, -0.25) is 4.79 Å². The molecule has 3 N–H and O–H groups in total. The maximum absolute atomic E-state index is 13.3. The van der Waals surface area contributed by atoms with E-state index in [0.29, 0.717) is 11.1 Å². The quantitative estimate of drug-likeness (QED) is 0.893. The number of hydrogen-bond donors (Lipinski definition) is 2. The highest BCUT2D eigenvalue weighted by atomic mass is 19.1. The highest BCUT2D eigenvalue weighted by Gasteiger charge is 2.47. The molecule has 3 nitrogen and oxygen atoms in total. The van der Waals surface area contributed by atoms with Crippen LogP contribution in [0.3, 0.4) is 0 Å². The van der Waals surface area contributed by atoms with Gasteiger partial charge in [-0.25, -0.2) is 4.39 Å². The number of anilines is 1. The first-order valence-corrected chi connectivity index (χ1v) is 7.87. The molecule has 1 aromatic rings. The second-order valence-electron chi connectivity index (χ2n) is 6.79. The first-order chi connectivity index (χ1) is 10.0. The van der Waals surface area contributed by atoms with Crippen molar-refractivity contribution in [2.24, 2.45) is 11.1 Å². The predicted molar refractivity (Wildman–Crippen MR) is 81.3 cm³/mol. The number of amides is 1. The van der Waals surface area contributed by atoms with Gasteiger partial charge in [-0.15, -0.1) is 0 Å². The van der Waals surface area contributed by atoms with Gasteiger partial charge in [0.15, 0.2) is 0 Å². The van der Waals surface area contributed by atoms with Crippen LogP contribution in [0.4, 0.5) is 10.1 Å². The fourth-order valence-corrected chi connectivity index (χ4v) is 4.11. The molecule has 1 aromatic carbocycles. The van der Waals surface area contributed by atoms with E-state index in [1.165, 1.54) is 37.8 Å². The van der Waals surface area contributed by atoms with Crippen LogP contribution >= 0.6 is 0 Å². The summed E-state index contributed by atoms with van der Waals surface area (Å²) >= 11 is 0. The molecule has 2 aliphatic carbocycles. The molecule has 0 aromatic heterocycles. The van der Waals surface area contributed by atoms with Gasteiger partial charge < -0.3 is 11.1 Å². The number of nitrogens with one attached hydrogen (secondary N) is 1. The van der Waals surface area contributed by atoms with E-state index in [9.17, 15) is 9.18 Å². The Morgan fingerprint density at radius 3 is 2.33 bits per heavy atom. The number of carbonyl (C=O) groups excluding carboxylic acids is 1. The number of benzene rings is 1. The van der Waals surface area contributed by atoms with Crippen molar-refractivity contribution in [3.05, 3.63) is 30.1 Å². The Labute approximate surface area is 125 Å². The maximum Gasteiger partial charge on any atom is 0.243 e. The summed E-state index contributed by atoms with van der Waals surface area (Å²) in [4.78, 5) is 12.0. The van der Waals surface area contributed by atoms with Crippen molar-refractivity contribution < 1.29 is 9.18 Å². The molecule has 2 aliphatic rings. The Bertz CT molecular complexity index is 527. The van der Waals surface area contributed by atoms with Crippen LogP contribution in [0, 0.1) is 11.2 Å². The lowest BCUT2D eigenvalue weighted by Crippen LogP contribution is -2.54. The molecular formula is C17H23FN2O. The smallest absolute Gasteiger partial charge is 0.243 e. The second-order valence-corrected chi connectivity index (χ2v) is 6.79. The molecule has 3 rings (SSSR count). The molecule has 0 bridgehead atoms. The van der Waals surface area contributed by atoms with E-state index in [1.807, 2.05) is 0 Å². The number of hydrogen-bond acceptors (Lipinski definition) is 2. The topological polar surface area (TPSA) is 55.1 Å². The molecule has 0 unspecified atom stereocenters. The average Bonchev–Trinajstić information content (AvgIpc) is 2.90. The van der Waals surface area contributed by atoms with Crippen molar-refractivity contribution in [1.29, 1.82) is 0 Å². The molecule has 0 atom stereocenters. The Morgan fingerprint density at radius 2 is 1.76 bits per heavy atom. The van der Waals surface area contributed by atoms with Crippen LogP contribution < -0.4 is 11.1 Å². The summed E-state index contributed by atoms with van der Waals surface area (Å²) in [5.74, 6) is -0.623. The summed E-state index contributed by atoms with van der Waals surface area (Å²) in [6.45, 7) is 0. The minimum atomic E-state index is -0.721. The lowest BCUT2D eigenvalue weighted by atomic mass is 9.66. The van der Waals surface area contributed by atoms with E-state index in [0.717, 1.165) is 25.7 Å². The minimum Gasteiger partial charge on any atom is -0.371 e. The molecule has 0 aliphatic heterocycles. The van der Waals surface area contributed by atoms with Gasteiger partial charge in [-0.2, -0.15) is 0 Å². The standard InChI is InChI=1S/C17H23FN2O/c18-13-4-3-5-14(12-13)20-17(15(19)21)10-8-16(9-11-17)6-1-2-7-16/h3-5,12,20H,1-2,6-11H2,(H2,19,21). The van der Waals surface area contributed by atoms with E-state index in [2.05, 4.69) is 5.32 Å². The Morgan fingerprint density at radius 1 is 1.10 bits per heavy atom. The minimum absolute atomic E-state index is 0.303. The normalized spacial score (nSPS) is 23.1. The molecule has 0 radical (unpaired) electrons. The summed E-state index contributed by atoms with van der Waals surface area (Å²) in [5.41, 5.74) is 6.03. The monoisotopic (exact) mass is 290 g/mol. The highest BCUT2D eigenvalue weighted by Crippen LogP contribution is 2.51. The lowest BCUT2D eigenvalue weighted by Gasteiger charge is -2.44. The van der Waals surface area contributed by atoms with Gasteiger partial charge in [0.25, 0.3) is 0 Å². The molecule has 114 valence electrons. The van der Waals surface area contributed by atoms with Crippen LogP contribution in [-0.2, 0) is 4.79 Å². The Balaban J connectivity index is 1.77. The van der Waals surface area contributed by atoms with E-state index in [1.54, 1.807) is 12.1 Å². The van der Waals surface area contributed by atoms with Gasteiger partial charge in [0, 0.05) is 5.69 Å². The molecule has 0 saturated heterocycles. The van der Waals surface area contributed by atoms with Crippen molar-refractivity contribution in [2.75, 3.05) is 5.32 Å². The molecule has 4 heteroatoms. The van der Waals surface area contributed by atoms with Crippen molar-refractivity contribution in [3.8, 4) is 0 Å². The number of rotatable bonds is 3. The van der Waals surface area contributed by atoms with Gasteiger partial charge in [0.05, 0.1) is 0 Å². The number of carbonyl (C=O) groups is 1. The zero-order valence-electron chi connectivity index (χ0n) is 12.3. The van der Waals surface area contributed by atoms with Crippen molar-refractivity contribution in [3.63, 3.8) is 0 Å². The van der Waals surface area contributed by atoms with Crippen LogP contribution in [0.5, 0.6) is 0 Å². The van der Waals surface area contributed by atoms with Gasteiger partial charge in [-0.1, -0.05) is 18.9 Å². The Hall–Kier alpha value is -1.58. The summed E-state index contributed by atoms with van der Waals surface area (Å²) in [6, 6.07) is 6.25. The predicted octanol–water partition coefficient (Wildman–Crippen LogP) is 3.60. The van der Waals surface area contributed by atoms with Gasteiger partial charge in [0.1, 0.15) is 11.4 Å². The van der Waals surface area contributed by atoms with E-state index in [4.69, 9.17) is 5.73 Å². The third kappa shape index (κ3) is 2.76. The average molecular weight is 290 g/mol. The maximum atomic E-state index is 13.3. The third-order valence-electron chi connectivity index (χ3n) is 5.51. The van der Waals surface area contributed by atoms with Crippen LogP contribution in [-0.4, -0.2) is 11.4 Å². The summed E-state index contributed by atoms with van der Waals surface area (Å²) in [5, 5.41) is 3.23. The van der Waals surface area contributed by atoms with Gasteiger partial charge in [0.2, 0.25) is 5.91 Å². The molecule has 1 spiro atoms. The molecule has 21 heavy (non-hydrogen) atoms. The summed E-state index contributed by atoms with van der Waals surface area (Å²) in [7, 11) is 0. The first kappa shape index (κ1) is 14.4. The molecule has 2 saturated carbocycles. The molecule has 1 amide bonds. The van der Waals surface area contributed by atoms with E-state index in [-0.39, 0.29) is 11.7 Å². The third-order valence-corrected chi connectivity index (χ3v) is 5.51. The Kier molecular flexibility index (Phi) is 3.64. The van der Waals surface area contributed by atoms with Gasteiger partial charge >= 0.3 is 0 Å². The lowest BCUT2D eigenvalue weighted by molar-refractivity contribution is -0.124. The fraction of sp³-hybridized carbons (Fsp3) is 0.588. The summed E-state index contributed by atoms with van der Waals surface area (Å²) in [6.07, 6.45) is 8.75. The van der Waals surface area contributed by atoms with Gasteiger partial charge in [-0.05, 0) is 62.1 Å². The fourth-order valence-electron chi connectivity index (χ4n) is 4.11. The zero-order valence-corrected chi connectivity index (χ0v) is 12.3. The molecular weight excluding hydrogens is 267 g/mol. The first-order valence-electron chi connectivity index (χ1n) is 7.87. The zero-order chi connectivity index (χ0) is 14.9. The van der Waals surface area contributed by atoms with Crippen LogP contribution in [0.1, 0.15) is 51.4 Å².